The van der Waals surface area contributed by atoms with Gasteiger partial charge in [0.25, 0.3) is 0 Å². The van der Waals surface area contributed by atoms with Crippen molar-refractivity contribution in [2.45, 2.75) is 90.3 Å². The lowest BCUT2D eigenvalue weighted by Crippen LogP contribution is -2.37. The first-order chi connectivity index (χ1) is 13.6. The van der Waals surface area contributed by atoms with Crippen LogP contribution in [-0.2, 0) is 22.6 Å². The molecule has 3 rings (SSSR count). The van der Waals surface area contributed by atoms with E-state index in [1.165, 1.54) is 12.8 Å². The number of hydrogen-bond acceptors (Lipinski definition) is 3. The first-order valence-corrected chi connectivity index (χ1v) is 11.2. The highest BCUT2D eigenvalue weighted by Gasteiger charge is 2.35. The zero-order valence-electron chi connectivity index (χ0n) is 17.2. The number of cyclic esters (lactones) is 1. The van der Waals surface area contributed by atoms with Crippen molar-refractivity contribution in [3.63, 3.8) is 0 Å². The maximum absolute atomic E-state index is 13.8. The lowest BCUT2D eigenvalue weighted by molar-refractivity contribution is -0.165. The number of aliphatic hydroxyl groups excluding tert-OH is 1. The predicted molar refractivity (Wildman–Crippen MR) is 108 cm³/mol. The first kappa shape index (κ1) is 21.3. The summed E-state index contributed by atoms with van der Waals surface area (Å²) in [5.74, 6) is 1.06. The minimum atomic E-state index is -0.305. The molecule has 1 saturated carbocycles. The van der Waals surface area contributed by atoms with E-state index in [0.717, 1.165) is 63.4 Å². The van der Waals surface area contributed by atoms with Crippen molar-refractivity contribution >= 4 is 5.97 Å². The highest BCUT2D eigenvalue weighted by Crippen LogP contribution is 2.38. The average molecular weight is 391 g/mol. The quantitative estimate of drug-likeness (QED) is 0.590. The van der Waals surface area contributed by atoms with Crippen LogP contribution < -0.4 is 0 Å². The molecular weight excluding hydrogens is 355 g/mol. The van der Waals surface area contributed by atoms with E-state index >= 15 is 0 Å². The number of rotatable bonds is 8. The van der Waals surface area contributed by atoms with Gasteiger partial charge in [-0.3, -0.25) is 4.79 Å². The van der Waals surface area contributed by atoms with Crippen molar-refractivity contribution in [2.24, 2.45) is 17.8 Å². The van der Waals surface area contributed by atoms with Crippen molar-refractivity contribution in [1.82, 2.24) is 0 Å². The fraction of sp³-hybridized carbons (Fsp3) is 0.708. The summed E-state index contributed by atoms with van der Waals surface area (Å²) in [6.07, 6.45) is 12.0. The summed E-state index contributed by atoms with van der Waals surface area (Å²) in [7, 11) is 0. The van der Waals surface area contributed by atoms with E-state index in [0.29, 0.717) is 17.4 Å². The Labute approximate surface area is 168 Å². The van der Waals surface area contributed by atoms with Crippen LogP contribution in [0.2, 0.25) is 0 Å². The summed E-state index contributed by atoms with van der Waals surface area (Å²) >= 11 is 0. The third kappa shape index (κ3) is 5.56. The third-order valence-electron chi connectivity index (χ3n) is 6.85. The van der Waals surface area contributed by atoms with E-state index in [1.807, 2.05) is 6.07 Å². The Hall–Kier alpha value is -1.42. The second-order valence-electron chi connectivity index (χ2n) is 8.80. The standard InChI is InChI=1S/C24H35FO3/c1-2-3-4-20-13-14-23(28-24(20)27)19-10-7-17(8-11-19)5-6-18-9-12-21(16-26)22(25)15-18/h9,12,15,17,19-20,23,26H,2-8,10-11,13-14,16H2,1H3. The van der Waals surface area contributed by atoms with E-state index in [9.17, 15) is 9.18 Å². The molecule has 3 nitrogen and oxygen atoms in total. The number of hydrogen-bond donors (Lipinski definition) is 1. The van der Waals surface area contributed by atoms with Crippen LogP contribution in [0.4, 0.5) is 4.39 Å². The van der Waals surface area contributed by atoms with Gasteiger partial charge < -0.3 is 9.84 Å². The van der Waals surface area contributed by atoms with Crippen molar-refractivity contribution in [1.29, 1.82) is 0 Å². The van der Waals surface area contributed by atoms with Crippen LogP contribution in [-0.4, -0.2) is 17.2 Å². The highest BCUT2D eigenvalue weighted by atomic mass is 19.1. The van der Waals surface area contributed by atoms with Gasteiger partial charge in [0.15, 0.2) is 0 Å². The van der Waals surface area contributed by atoms with E-state index < -0.39 is 0 Å². The van der Waals surface area contributed by atoms with Gasteiger partial charge in [-0.1, -0.05) is 44.7 Å². The fourth-order valence-electron chi connectivity index (χ4n) is 4.93. The van der Waals surface area contributed by atoms with Crippen molar-refractivity contribution in [3.05, 3.63) is 35.1 Å². The minimum Gasteiger partial charge on any atom is -0.462 e. The molecule has 0 amide bonds. The number of ether oxygens (including phenoxy) is 1. The SMILES string of the molecule is CCCCC1CCC(C2CCC(CCc3ccc(CO)c(F)c3)CC2)OC1=O. The number of aliphatic hydroxyl groups is 1. The second-order valence-corrected chi connectivity index (χ2v) is 8.80. The van der Waals surface area contributed by atoms with Crippen molar-refractivity contribution in [2.75, 3.05) is 0 Å². The predicted octanol–water partition coefficient (Wildman–Crippen LogP) is 5.57. The maximum Gasteiger partial charge on any atom is 0.309 e. The molecule has 1 aliphatic heterocycles. The Morgan fingerprint density at radius 3 is 2.54 bits per heavy atom. The molecule has 1 aromatic rings. The molecule has 2 fully saturated rings. The minimum absolute atomic E-state index is 0.0418. The zero-order chi connectivity index (χ0) is 19.9. The van der Waals surface area contributed by atoms with E-state index in [-0.39, 0.29) is 30.4 Å². The molecule has 2 unspecified atom stereocenters. The van der Waals surface area contributed by atoms with Gasteiger partial charge in [0.05, 0.1) is 12.5 Å². The van der Waals surface area contributed by atoms with E-state index in [4.69, 9.17) is 9.84 Å². The van der Waals surface area contributed by atoms with Crippen molar-refractivity contribution < 1.29 is 19.0 Å². The fourth-order valence-corrected chi connectivity index (χ4v) is 4.93. The van der Waals surface area contributed by atoms with Crippen LogP contribution in [0.15, 0.2) is 18.2 Å². The first-order valence-electron chi connectivity index (χ1n) is 11.2. The lowest BCUT2D eigenvalue weighted by Gasteiger charge is -2.37. The Kier molecular flexibility index (Phi) is 7.90. The van der Waals surface area contributed by atoms with Crippen LogP contribution >= 0.6 is 0 Å². The van der Waals surface area contributed by atoms with E-state index in [1.54, 1.807) is 12.1 Å². The van der Waals surface area contributed by atoms with Crippen LogP contribution in [0.1, 0.15) is 82.3 Å². The summed E-state index contributed by atoms with van der Waals surface area (Å²) < 4.78 is 19.6. The summed E-state index contributed by atoms with van der Waals surface area (Å²) in [5.41, 5.74) is 1.37. The van der Waals surface area contributed by atoms with Gasteiger partial charge in [-0.05, 0) is 68.4 Å². The Balaban J connectivity index is 1.40. The number of unbranched alkanes of at least 4 members (excludes halogenated alkanes) is 1. The smallest absolute Gasteiger partial charge is 0.309 e. The zero-order valence-corrected chi connectivity index (χ0v) is 17.2. The maximum atomic E-state index is 13.8. The summed E-state index contributed by atoms with van der Waals surface area (Å²) in [5, 5.41) is 9.07. The van der Waals surface area contributed by atoms with E-state index in [2.05, 4.69) is 6.92 Å². The van der Waals surface area contributed by atoms with Gasteiger partial charge in [-0.25, -0.2) is 4.39 Å². The molecule has 0 aromatic heterocycles. The van der Waals surface area contributed by atoms with Gasteiger partial charge in [0.2, 0.25) is 0 Å². The van der Waals surface area contributed by atoms with Crippen molar-refractivity contribution in [3.8, 4) is 0 Å². The van der Waals surface area contributed by atoms with Gasteiger partial charge in [0, 0.05) is 5.56 Å². The summed E-state index contributed by atoms with van der Waals surface area (Å²) in [6.45, 7) is 1.91. The topological polar surface area (TPSA) is 46.5 Å². The molecule has 1 aliphatic carbocycles. The molecule has 156 valence electrons. The number of esters is 1. The molecule has 1 N–H and O–H groups in total. The average Bonchev–Trinajstić information content (AvgIpc) is 2.72. The third-order valence-corrected chi connectivity index (χ3v) is 6.85. The van der Waals surface area contributed by atoms with Crippen LogP contribution in [0.25, 0.3) is 0 Å². The monoisotopic (exact) mass is 390 g/mol. The van der Waals surface area contributed by atoms with Crippen LogP contribution in [0, 0.1) is 23.6 Å². The number of carbonyl (C=O) groups excluding carboxylic acids is 1. The molecule has 0 spiro atoms. The molecule has 1 aromatic carbocycles. The van der Waals surface area contributed by atoms with Gasteiger partial charge in [0.1, 0.15) is 11.9 Å². The molecule has 2 atom stereocenters. The molecule has 4 heteroatoms. The summed E-state index contributed by atoms with van der Waals surface area (Å²) in [6, 6.07) is 5.18. The molecule has 0 radical (unpaired) electrons. The van der Waals surface area contributed by atoms with Crippen LogP contribution in [0.5, 0.6) is 0 Å². The second kappa shape index (κ2) is 10.4. The Morgan fingerprint density at radius 1 is 1.11 bits per heavy atom. The molecule has 28 heavy (non-hydrogen) atoms. The van der Waals surface area contributed by atoms with Gasteiger partial charge in [-0.2, -0.15) is 0 Å². The normalized spacial score (nSPS) is 28.2. The number of halogens is 1. The molecule has 0 bridgehead atoms. The number of aryl methyl sites for hydroxylation is 1. The number of carbonyl (C=O) groups is 1. The molecule has 1 saturated heterocycles. The van der Waals surface area contributed by atoms with Crippen LogP contribution in [0.3, 0.4) is 0 Å². The highest BCUT2D eigenvalue weighted by molar-refractivity contribution is 5.73. The molecular formula is C24H35FO3. The summed E-state index contributed by atoms with van der Waals surface area (Å²) in [4.78, 5) is 12.3. The Morgan fingerprint density at radius 2 is 1.89 bits per heavy atom. The number of benzene rings is 1. The lowest BCUT2D eigenvalue weighted by atomic mass is 9.75. The van der Waals surface area contributed by atoms with Gasteiger partial charge >= 0.3 is 5.97 Å². The largest absolute Gasteiger partial charge is 0.462 e. The van der Waals surface area contributed by atoms with Gasteiger partial charge in [-0.15, -0.1) is 0 Å². The Bertz CT molecular complexity index is 637. The molecule has 1 heterocycles. The molecule has 2 aliphatic rings.